The monoisotopic (exact) mass is 126 g/mol. The van der Waals surface area contributed by atoms with Gasteiger partial charge in [-0.1, -0.05) is 12.2 Å². The Bertz CT molecular complexity index is 145. The van der Waals surface area contributed by atoms with Crippen LogP contribution in [-0.2, 0) is 4.79 Å². The summed E-state index contributed by atoms with van der Waals surface area (Å²) in [6.45, 7) is 5.13. The number of hydrogen-bond acceptors (Lipinski definition) is 1. The normalized spacial score (nSPS) is 11.0. The van der Waals surface area contributed by atoms with Crippen LogP contribution in [0.3, 0.4) is 0 Å². The molecule has 0 aliphatic heterocycles. The predicted molar refractivity (Wildman–Crippen MR) is 36.2 cm³/mol. The summed E-state index contributed by atoms with van der Waals surface area (Å²) in [4.78, 5) is 10.2. The van der Waals surface area contributed by atoms with E-state index in [1.165, 1.54) is 0 Å². The summed E-state index contributed by atoms with van der Waals surface area (Å²) >= 11 is 0. The molecule has 50 valence electrons. The molecule has 0 rings (SSSR count). The molecule has 2 heteroatoms. The fraction of sp³-hybridized carbons (Fsp3) is 0.286. The Hall–Kier alpha value is -1.05. The van der Waals surface area contributed by atoms with Crippen LogP contribution >= 0.6 is 0 Å². The standard InChI is InChI=1S/C7H10O2/c1-3-5-6(4-2)7(8)9/h3-4H,1,5H2,2H3,(H,8,9)/b6-4-. The maximum atomic E-state index is 10.2. The number of carbonyl (C=O) groups is 1. The lowest BCUT2D eigenvalue weighted by atomic mass is 10.2. The van der Waals surface area contributed by atoms with Crippen molar-refractivity contribution in [2.75, 3.05) is 0 Å². The smallest absolute Gasteiger partial charge is 0.331 e. The minimum Gasteiger partial charge on any atom is -0.478 e. The molecule has 0 aromatic heterocycles. The summed E-state index contributed by atoms with van der Waals surface area (Å²) in [5, 5.41) is 8.39. The van der Waals surface area contributed by atoms with E-state index < -0.39 is 5.97 Å². The van der Waals surface area contributed by atoms with Crippen LogP contribution in [0.1, 0.15) is 13.3 Å². The molecule has 0 radical (unpaired) electrons. The molecule has 0 bridgehead atoms. The third-order valence-corrected chi connectivity index (χ3v) is 0.987. The average Bonchev–Trinajstić information content (AvgIpc) is 1.82. The molecule has 0 heterocycles. The van der Waals surface area contributed by atoms with Gasteiger partial charge in [-0.2, -0.15) is 0 Å². The summed E-state index contributed by atoms with van der Waals surface area (Å²) in [7, 11) is 0. The Labute approximate surface area is 54.5 Å². The molecule has 0 atom stereocenters. The van der Waals surface area contributed by atoms with E-state index in [9.17, 15) is 4.79 Å². The molecule has 0 aromatic carbocycles. The first-order chi connectivity index (χ1) is 4.22. The fourth-order valence-corrected chi connectivity index (χ4v) is 0.484. The van der Waals surface area contributed by atoms with Crippen LogP contribution in [0, 0.1) is 0 Å². The van der Waals surface area contributed by atoms with Gasteiger partial charge in [-0.3, -0.25) is 0 Å². The van der Waals surface area contributed by atoms with Crippen LogP contribution in [0.15, 0.2) is 24.3 Å². The zero-order chi connectivity index (χ0) is 7.28. The van der Waals surface area contributed by atoms with E-state index in [0.29, 0.717) is 12.0 Å². The average molecular weight is 126 g/mol. The molecule has 0 amide bonds. The molecule has 0 aliphatic rings. The van der Waals surface area contributed by atoms with Crippen LogP contribution in [0.5, 0.6) is 0 Å². The van der Waals surface area contributed by atoms with Gasteiger partial charge >= 0.3 is 5.97 Å². The minimum atomic E-state index is -0.864. The summed E-state index contributed by atoms with van der Waals surface area (Å²) in [6.07, 6.45) is 3.58. The van der Waals surface area contributed by atoms with E-state index in [2.05, 4.69) is 6.58 Å². The number of hydrogen-bond donors (Lipinski definition) is 1. The molecule has 0 saturated carbocycles. The molecule has 0 fully saturated rings. The lowest BCUT2D eigenvalue weighted by Crippen LogP contribution is -1.98. The van der Waals surface area contributed by atoms with Gasteiger partial charge in [-0.05, 0) is 13.3 Å². The summed E-state index contributed by atoms with van der Waals surface area (Å²) in [5.41, 5.74) is 0.394. The highest BCUT2D eigenvalue weighted by atomic mass is 16.4. The molecule has 1 N–H and O–H groups in total. The largest absolute Gasteiger partial charge is 0.478 e. The zero-order valence-electron chi connectivity index (χ0n) is 5.42. The van der Waals surface area contributed by atoms with Crippen molar-refractivity contribution in [3.63, 3.8) is 0 Å². The molecular weight excluding hydrogens is 116 g/mol. The molecular formula is C7H10O2. The van der Waals surface area contributed by atoms with E-state index in [4.69, 9.17) is 5.11 Å². The summed E-state index contributed by atoms with van der Waals surface area (Å²) in [6, 6.07) is 0. The molecule has 0 aliphatic carbocycles. The predicted octanol–water partition coefficient (Wildman–Crippen LogP) is 1.59. The van der Waals surface area contributed by atoms with Gasteiger partial charge in [0.25, 0.3) is 0 Å². The van der Waals surface area contributed by atoms with Crippen molar-refractivity contribution < 1.29 is 9.90 Å². The van der Waals surface area contributed by atoms with Crippen LogP contribution in [0.4, 0.5) is 0 Å². The van der Waals surface area contributed by atoms with Gasteiger partial charge in [-0.15, -0.1) is 6.58 Å². The van der Waals surface area contributed by atoms with E-state index in [-0.39, 0.29) is 0 Å². The van der Waals surface area contributed by atoms with Gasteiger partial charge in [0.05, 0.1) is 0 Å². The van der Waals surface area contributed by atoms with Crippen molar-refractivity contribution in [2.24, 2.45) is 0 Å². The van der Waals surface area contributed by atoms with Gasteiger partial charge < -0.3 is 5.11 Å². The quantitative estimate of drug-likeness (QED) is 0.460. The molecule has 0 aromatic rings. The van der Waals surface area contributed by atoms with E-state index >= 15 is 0 Å². The maximum absolute atomic E-state index is 10.2. The zero-order valence-corrected chi connectivity index (χ0v) is 5.42. The van der Waals surface area contributed by atoms with Crippen molar-refractivity contribution in [1.82, 2.24) is 0 Å². The topological polar surface area (TPSA) is 37.3 Å². The van der Waals surface area contributed by atoms with Crippen molar-refractivity contribution >= 4 is 5.97 Å². The van der Waals surface area contributed by atoms with E-state index in [1.807, 2.05) is 0 Å². The van der Waals surface area contributed by atoms with Crippen molar-refractivity contribution in [1.29, 1.82) is 0 Å². The highest BCUT2D eigenvalue weighted by Crippen LogP contribution is 2.00. The fourth-order valence-electron chi connectivity index (χ4n) is 0.484. The lowest BCUT2D eigenvalue weighted by Gasteiger charge is -1.92. The number of allylic oxidation sites excluding steroid dienone is 2. The SMILES string of the molecule is C=CC/C(=C/C)C(=O)O. The van der Waals surface area contributed by atoms with E-state index in [1.54, 1.807) is 19.1 Å². The molecule has 0 spiro atoms. The second kappa shape index (κ2) is 3.89. The van der Waals surface area contributed by atoms with Crippen molar-refractivity contribution in [2.45, 2.75) is 13.3 Å². The Morgan fingerprint density at radius 1 is 1.78 bits per heavy atom. The number of carboxylic acids is 1. The Balaban J connectivity index is 4.00. The highest BCUT2D eigenvalue weighted by Gasteiger charge is 2.00. The second-order valence-corrected chi connectivity index (χ2v) is 1.61. The van der Waals surface area contributed by atoms with Crippen LogP contribution < -0.4 is 0 Å². The third kappa shape index (κ3) is 2.69. The third-order valence-electron chi connectivity index (χ3n) is 0.987. The van der Waals surface area contributed by atoms with Crippen molar-refractivity contribution in [3.05, 3.63) is 24.3 Å². The summed E-state index contributed by atoms with van der Waals surface area (Å²) < 4.78 is 0. The van der Waals surface area contributed by atoms with Crippen molar-refractivity contribution in [3.8, 4) is 0 Å². The van der Waals surface area contributed by atoms with Gasteiger partial charge in [0, 0.05) is 5.57 Å². The second-order valence-electron chi connectivity index (χ2n) is 1.61. The Morgan fingerprint density at radius 3 is 2.44 bits per heavy atom. The highest BCUT2D eigenvalue weighted by molar-refractivity contribution is 5.86. The van der Waals surface area contributed by atoms with Crippen LogP contribution in [0.2, 0.25) is 0 Å². The maximum Gasteiger partial charge on any atom is 0.331 e. The minimum absolute atomic E-state index is 0.394. The molecule has 0 unspecified atom stereocenters. The number of rotatable bonds is 3. The number of aliphatic carboxylic acids is 1. The van der Waals surface area contributed by atoms with Crippen LogP contribution in [0.25, 0.3) is 0 Å². The molecule has 9 heavy (non-hydrogen) atoms. The van der Waals surface area contributed by atoms with Gasteiger partial charge in [0.1, 0.15) is 0 Å². The molecule has 0 saturated heterocycles. The van der Waals surface area contributed by atoms with Crippen LogP contribution in [-0.4, -0.2) is 11.1 Å². The number of carboxylic acid groups (broad SMARTS) is 1. The summed E-state index contributed by atoms with van der Waals surface area (Å²) in [5.74, 6) is -0.864. The first-order valence-electron chi connectivity index (χ1n) is 2.71. The lowest BCUT2D eigenvalue weighted by molar-refractivity contribution is -0.132. The Kier molecular flexibility index (Phi) is 3.44. The van der Waals surface area contributed by atoms with Gasteiger partial charge in [-0.25, -0.2) is 4.79 Å². The van der Waals surface area contributed by atoms with E-state index in [0.717, 1.165) is 0 Å². The Morgan fingerprint density at radius 2 is 2.33 bits per heavy atom. The first kappa shape index (κ1) is 7.95. The van der Waals surface area contributed by atoms with Gasteiger partial charge in [0.2, 0.25) is 0 Å². The molecule has 2 nitrogen and oxygen atoms in total. The van der Waals surface area contributed by atoms with Gasteiger partial charge in [0.15, 0.2) is 0 Å². The first-order valence-corrected chi connectivity index (χ1v) is 2.71.